The summed E-state index contributed by atoms with van der Waals surface area (Å²) >= 11 is 0. The van der Waals surface area contributed by atoms with E-state index in [1.54, 1.807) is 14.0 Å². The molecule has 2 fully saturated rings. The molecule has 2 aliphatic rings. The zero-order valence-electron chi connectivity index (χ0n) is 21.2. The van der Waals surface area contributed by atoms with Gasteiger partial charge in [0.1, 0.15) is 24.4 Å². The fourth-order valence-electron chi connectivity index (χ4n) is 4.61. The van der Waals surface area contributed by atoms with E-state index in [0.717, 1.165) is 16.7 Å². The zero-order valence-corrected chi connectivity index (χ0v) is 21.2. The Morgan fingerprint density at radius 2 is 1.19 bits per heavy atom. The maximum atomic E-state index is 6.50. The second-order valence-corrected chi connectivity index (χ2v) is 9.33. The number of benzene rings is 3. The third-order valence-corrected chi connectivity index (χ3v) is 6.61. The van der Waals surface area contributed by atoms with E-state index >= 15 is 0 Å². The maximum absolute atomic E-state index is 6.50. The monoisotopic (exact) mass is 506 g/mol. The van der Waals surface area contributed by atoms with E-state index < -0.39 is 36.7 Å². The number of hydrogen-bond acceptors (Lipinski definition) is 7. The first-order valence-electron chi connectivity index (χ1n) is 12.6. The van der Waals surface area contributed by atoms with Crippen LogP contribution in [0.15, 0.2) is 91.0 Å². The molecule has 6 atom stereocenters. The fourth-order valence-corrected chi connectivity index (χ4v) is 4.61. The van der Waals surface area contributed by atoms with Crippen molar-refractivity contribution < 1.29 is 33.2 Å². The van der Waals surface area contributed by atoms with Crippen molar-refractivity contribution in [3.8, 4) is 0 Å². The van der Waals surface area contributed by atoms with Crippen LogP contribution < -0.4 is 0 Å². The van der Waals surface area contributed by atoms with Crippen LogP contribution >= 0.6 is 0 Å². The lowest BCUT2D eigenvalue weighted by atomic mass is 9.98. The largest absolute Gasteiger partial charge is 0.374 e. The molecule has 0 aliphatic carbocycles. The van der Waals surface area contributed by atoms with Gasteiger partial charge in [0.2, 0.25) is 0 Å². The molecule has 0 amide bonds. The predicted molar refractivity (Wildman–Crippen MR) is 136 cm³/mol. The molecule has 7 nitrogen and oxygen atoms in total. The second-order valence-electron chi connectivity index (χ2n) is 9.33. The summed E-state index contributed by atoms with van der Waals surface area (Å²) < 4.78 is 43.2. The molecule has 0 radical (unpaired) electrons. The summed E-state index contributed by atoms with van der Waals surface area (Å²) in [5.41, 5.74) is 3.19. The molecule has 7 heteroatoms. The lowest BCUT2D eigenvalue weighted by molar-refractivity contribution is -0.334. The van der Waals surface area contributed by atoms with Crippen LogP contribution in [0.3, 0.4) is 0 Å². The minimum absolute atomic E-state index is 0.301. The molecule has 3 aromatic carbocycles. The van der Waals surface area contributed by atoms with Crippen molar-refractivity contribution >= 4 is 0 Å². The highest BCUT2D eigenvalue weighted by Crippen LogP contribution is 2.39. The van der Waals surface area contributed by atoms with Crippen LogP contribution in [0.1, 0.15) is 23.6 Å². The van der Waals surface area contributed by atoms with Gasteiger partial charge in [0.15, 0.2) is 6.29 Å². The Morgan fingerprint density at radius 1 is 0.676 bits per heavy atom. The van der Waals surface area contributed by atoms with Gasteiger partial charge in [-0.3, -0.25) is 4.74 Å². The van der Waals surface area contributed by atoms with E-state index in [9.17, 15) is 0 Å². The molecular weight excluding hydrogens is 472 g/mol. The van der Waals surface area contributed by atoms with E-state index in [1.165, 1.54) is 0 Å². The Hall–Kier alpha value is -2.62. The van der Waals surface area contributed by atoms with Gasteiger partial charge < -0.3 is 28.4 Å². The van der Waals surface area contributed by atoms with Gasteiger partial charge >= 0.3 is 0 Å². The lowest BCUT2D eigenvalue weighted by Crippen LogP contribution is -2.59. The third-order valence-electron chi connectivity index (χ3n) is 6.61. The van der Waals surface area contributed by atoms with Crippen LogP contribution in [0, 0.1) is 0 Å². The Morgan fingerprint density at radius 3 is 1.73 bits per heavy atom. The van der Waals surface area contributed by atoms with Gasteiger partial charge in [-0.1, -0.05) is 91.0 Å². The molecule has 196 valence electrons. The van der Waals surface area contributed by atoms with Crippen molar-refractivity contribution in [1.82, 2.24) is 0 Å². The molecule has 0 saturated carbocycles. The summed E-state index contributed by atoms with van der Waals surface area (Å²) in [4.78, 5) is 0. The van der Waals surface area contributed by atoms with Crippen LogP contribution in [-0.4, -0.2) is 50.4 Å². The molecule has 37 heavy (non-hydrogen) atoms. The highest BCUT2D eigenvalue weighted by Gasteiger charge is 2.57. The first-order valence-corrected chi connectivity index (χ1v) is 12.6. The van der Waals surface area contributed by atoms with Crippen molar-refractivity contribution in [2.45, 2.75) is 63.4 Å². The van der Waals surface area contributed by atoms with Crippen LogP contribution in [-0.2, 0) is 53.0 Å². The fraction of sp³-hybridized carbons (Fsp3) is 0.400. The van der Waals surface area contributed by atoms with Gasteiger partial charge in [-0.25, -0.2) is 0 Å². The Balaban J connectivity index is 1.36. The minimum atomic E-state index is -1.24. The van der Waals surface area contributed by atoms with Gasteiger partial charge in [-0.05, 0) is 16.7 Å². The molecule has 2 aliphatic heterocycles. The molecule has 3 aromatic rings. The summed E-state index contributed by atoms with van der Waals surface area (Å²) in [6, 6.07) is 30.1. The summed E-state index contributed by atoms with van der Waals surface area (Å²) in [7, 11) is 1.54. The number of methoxy groups -OCH3 is 1. The highest BCUT2D eigenvalue weighted by atomic mass is 16.9. The van der Waals surface area contributed by atoms with E-state index in [2.05, 4.69) is 0 Å². The molecule has 0 bridgehead atoms. The summed E-state index contributed by atoms with van der Waals surface area (Å²) in [6.45, 7) is 3.28. The van der Waals surface area contributed by atoms with Crippen molar-refractivity contribution in [2.75, 3.05) is 13.7 Å². The average Bonchev–Trinajstić information content (AvgIpc) is 3.29. The molecule has 2 heterocycles. The van der Waals surface area contributed by atoms with E-state index in [0.29, 0.717) is 26.4 Å². The summed E-state index contributed by atoms with van der Waals surface area (Å²) in [6.07, 6.45) is -2.63. The van der Waals surface area contributed by atoms with Gasteiger partial charge in [0.05, 0.1) is 26.4 Å². The Kier molecular flexibility index (Phi) is 8.63. The number of fused-ring (bicyclic) bond motifs is 1. The van der Waals surface area contributed by atoms with Crippen LogP contribution in [0.4, 0.5) is 0 Å². The minimum Gasteiger partial charge on any atom is -0.374 e. The Labute approximate surface area is 218 Å². The maximum Gasteiger partial charge on any atom is 0.282 e. The van der Waals surface area contributed by atoms with Crippen LogP contribution in [0.25, 0.3) is 0 Å². The molecule has 0 aromatic heterocycles. The number of rotatable bonds is 11. The normalized spacial score (nSPS) is 29.2. The first kappa shape index (κ1) is 26.0. The lowest BCUT2D eigenvalue weighted by Gasteiger charge is -2.42. The average molecular weight is 507 g/mol. The van der Waals surface area contributed by atoms with Gasteiger partial charge in [-0.2, -0.15) is 0 Å². The molecule has 0 N–H and O–H groups in total. The van der Waals surface area contributed by atoms with Gasteiger partial charge in [0.25, 0.3) is 5.97 Å². The van der Waals surface area contributed by atoms with Gasteiger partial charge in [-0.15, -0.1) is 0 Å². The standard InChI is InChI=1S/C30H34O7/c1-30(31-2)36-28-27(34-20-24-16-10-5-11-17-24)26(33-19-23-14-8-4-9-15-23)25(35-29(28)37-30)21-32-18-22-12-6-3-7-13-22/h3-17,25-29H,18-21H2,1-2H3/t25?,26-,27+,28-,29+,30?/m1/s1. The highest BCUT2D eigenvalue weighted by molar-refractivity contribution is 5.15. The summed E-state index contributed by atoms with van der Waals surface area (Å²) in [5.74, 6) is -1.24. The second kappa shape index (κ2) is 12.3. The third kappa shape index (κ3) is 6.64. The molecule has 5 rings (SSSR count). The number of ether oxygens (including phenoxy) is 7. The van der Waals surface area contributed by atoms with Crippen molar-refractivity contribution in [3.63, 3.8) is 0 Å². The molecule has 2 saturated heterocycles. The topological polar surface area (TPSA) is 64.6 Å². The van der Waals surface area contributed by atoms with E-state index in [1.807, 2.05) is 91.0 Å². The van der Waals surface area contributed by atoms with Crippen molar-refractivity contribution in [3.05, 3.63) is 108 Å². The van der Waals surface area contributed by atoms with Crippen molar-refractivity contribution in [2.24, 2.45) is 0 Å². The smallest absolute Gasteiger partial charge is 0.282 e. The summed E-state index contributed by atoms with van der Waals surface area (Å²) in [5, 5.41) is 0. The molecular formula is C30H34O7. The quantitative estimate of drug-likeness (QED) is 0.369. The molecule has 2 unspecified atom stereocenters. The van der Waals surface area contributed by atoms with Crippen LogP contribution in [0.2, 0.25) is 0 Å². The van der Waals surface area contributed by atoms with E-state index in [-0.39, 0.29) is 0 Å². The zero-order chi connectivity index (χ0) is 25.5. The van der Waals surface area contributed by atoms with E-state index in [4.69, 9.17) is 33.2 Å². The number of hydrogen-bond donors (Lipinski definition) is 0. The Bertz CT molecular complexity index is 1080. The SMILES string of the molecule is COC1(C)O[C@@H]2OC(COCc3ccccc3)[C@@H](OCc3ccccc3)[C@H](OCc3ccccc3)[C@H]2O1. The molecule has 0 spiro atoms. The predicted octanol–water partition coefficient (Wildman–Crippen LogP) is 4.83. The van der Waals surface area contributed by atoms with Gasteiger partial charge in [0, 0.05) is 14.0 Å². The first-order chi connectivity index (χ1) is 18.1. The van der Waals surface area contributed by atoms with Crippen molar-refractivity contribution in [1.29, 1.82) is 0 Å². The van der Waals surface area contributed by atoms with Crippen LogP contribution in [0.5, 0.6) is 0 Å².